The fourth-order valence-electron chi connectivity index (χ4n) is 3.36. The molecular formula is C14H22N4O4S. The highest BCUT2D eigenvalue weighted by Gasteiger charge is 2.41. The average Bonchev–Trinajstić information content (AvgIpc) is 3.00. The molecule has 3 rings (SSSR count). The number of nitrogens with zero attached hydrogens (tertiary/aromatic N) is 3. The van der Waals surface area contributed by atoms with Gasteiger partial charge >= 0.3 is 0 Å². The minimum atomic E-state index is -3.59. The molecule has 3 atom stereocenters. The van der Waals surface area contributed by atoms with E-state index in [1.165, 1.54) is 16.8 Å². The third-order valence-corrected chi connectivity index (χ3v) is 6.38. The number of aryl methyl sites for hydroxylation is 1. The Labute approximate surface area is 135 Å². The van der Waals surface area contributed by atoms with E-state index in [0.717, 1.165) is 0 Å². The molecule has 3 heterocycles. The Morgan fingerprint density at radius 3 is 2.91 bits per heavy atom. The van der Waals surface area contributed by atoms with Crippen molar-refractivity contribution in [3.63, 3.8) is 0 Å². The normalized spacial score (nSPS) is 29.0. The number of aromatic nitrogens is 2. The molecular weight excluding hydrogens is 320 g/mol. The smallest absolute Gasteiger partial charge is 0.262 e. The predicted octanol–water partition coefficient (Wildman–Crippen LogP) is -0.418. The summed E-state index contributed by atoms with van der Waals surface area (Å²) in [5.74, 6) is -0.217. The van der Waals surface area contributed by atoms with E-state index in [4.69, 9.17) is 4.74 Å². The maximum Gasteiger partial charge on any atom is 0.262 e. The van der Waals surface area contributed by atoms with Crippen molar-refractivity contribution < 1.29 is 17.9 Å². The zero-order valence-corrected chi connectivity index (χ0v) is 14.1. The van der Waals surface area contributed by atoms with E-state index in [-0.39, 0.29) is 28.9 Å². The number of rotatable bonds is 3. The molecule has 1 aromatic rings. The fourth-order valence-corrected chi connectivity index (χ4v) is 4.83. The first-order valence-corrected chi connectivity index (χ1v) is 9.17. The summed E-state index contributed by atoms with van der Waals surface area (Å²) in [6.07, 6.45) is 4.32. The van der Waals surface area contributed by atoms with Crippen molar-refractivity contribution in [3.8, 4) is 0 Å². The van der Waals surface area contributed by atoms with Crippen LogP contribution in [0, 0.1) is 11.8 Å². The number of carbonyl (C=O) groups excluding carboxylic acids is 1. The molecule has 1 aromatic heterocycles. The van der Waals surface area contributed by atoms with Gasteiger partial charge in [-0.15, -0.1) is 0 Å². The third kappa shape index (κ3) is 3.13. The summed E-state index contributed by atoms with van der Waals surface area (Å²) >= 11 is 0. The lowest BCUT2D eigenvalue weighted by molar-refractivity contribution is -0.136. The summed E-state index contributed by atoms with van der Waals surface area (Å²) in [6, 6.07) is 0. The van der Waals surface area contributed by atoms with Crippen LogP contribution in [0.15, 0.2) is 17.6 Å². The van der Waals surface area contributed by atoms with Crippen LogP contribution in [0.5, 0.6) is 0 Å². The van der Waals surface area contributed by atoms with Crippen molar-refractivity contribution in [3.05, 3.63) is 12.5 Å². The van der Waals surface area contributed by atoms with Gasteiger partial charge in [-0.05, 0) is 18.8 Å². The number of piperidine rings is 1. The van der Waals surface area contributed by atoms with Crippen molar-refractivity contribution in [2.75, 3.05) is 26.7 Å². The molecule has 0 radical (unpaired) electrons. The number of imidazole rings is 1. The lowest BCUT2D eigenvalue weighted by atomic mass is 9.84. The first-order chi connectivity index (χ1) is 10.9. The van der Waals surface area contributed by atoms with Gasteiger partial charge in [0.25, 0.3) is 10.0 Å². The topological polar surface area (TPSA) is 93.5 Å². The molecule has 0 bridgehead atoms. The van der Waals surface area contributed by atoms with E-state index in [2.05, 4.69) is 10.3 Å². The number of amides is 1. The lowest BCUT2D eigenvalue weighted by Crippen LogP contribution is -2.51. The van der Waals surface area contributed by atoms with Crippen molar-refractivity contribution in [1.82, 2.24) is 19.2 Å². The minimum absolute atomic E-state index is 0.0334. The predicted molar refractivity (Wildman–Crippen MR) is 82.0 cm³/mol. The summed E-state index contributed by atoms with van der Waals surface area (Å²) in [7, 11) is -0.248. The number of hydrogen-bond donors (Lipinski definition) is 1. The Morgan fingerprint density at radius 1 is 1.48 bits per heavy atom. The van der Waals surface area contributed by atoms with E-state index < -0.39 is 10.0 Å². The first-order valence-electron chi connectivity index (χ1n) is 7.73. The summed E-state index contributed by atoms with van der Waals surface area (Å²) in [5.41, 5.74) is 0. The number of fused-ring (bicyclic) bond motifs is 1. The van der Waals surface area contributed by atoms with Gasteiger partial charge < -0.3 is 14.6 Å². The second kappa shape index (κ2) is 6.21. The first kappa shape index (κ1) is 16.4. The molecule has 2 aliphatic rings. The molecule has 0 aliphatic carbocycles. The number of hydrogen-bond acceptors (Lipinski definition) is 5. The van der Waals surface area contributed by atoms with E-state index in [1.54, 1.807) is 18.7 Å². The Morgan fingerprint density at radius 2 is 2.26 bits per heavy atom. The van der Waals surface area contributed by atoms with E-state index >= 15 is 0 Å². The van der Waals surface area contributed by atoms with Crippen LogP contribution in [-0.4, -0.2) is 61.0 Å². The van der Waals surface area contributed by atoms with Crippen LogP contribution in [-0.2, 0) is 26.6 Å². The monoisotopic (exact) mass is 342 g/mol. The number of sulfonamides is 1. The van der Waals surface area contributed by atoms with Crippen molar-refractivity contribution in [2.45, 2.75) is 24.0 Å². The molecule has 23 heavy (non-hydrogen) atoms. The Bertz CT molecular complexity index is 687. The lowest BCUT2D eigenvalue weighted by Gasteiger charge is -2.42. The molecule has 128 valence electrons. The summed E-state index contributed by atoms with van der Waals surface area (Å²) in [5, 5.41) is 2.70. The highest BCUT2D eigenvalue weighted by Crippen LogP contribution is 2.33. The molecule has 0 spiro atoms. The van der Waals surface area contributed by atoms with Gasteiger partial charge in [-0.2, -0.15) is 4.31 Å². The highest BCUT2D eigenvalue weighted by molar-refractivity contribution is 7.89. The van der Waals surface area contributed by atoms with Crippen molar-refractivity contribution in [1.29, 1.82) is 0 Å². The Balaban J connectivity index is 1.74. The molecule has 9 heteroatoms. The van der Waals surface area contributed by atoms with Gasteiger partial charge in [-0.25, -0.2) is 13.4 Å². The van der Waals surface area contributed by atoms with Gasteiger partial charge in [0, 0.05) is 33.4 Å². The van der Waals surface area contributed by atoms with Crippen LogP contribution >= 0.6 is 0 Å². The molecule has 0 unspecified atom stereocenters. The van der Waals surface area contributed by atoms with E-state index in [1.807, 2.05) is 0 Å². The highest BCUT2D eigenvalue weighted by atomic mass is 32.2. The standard InChI is InChI=1S/C14H22N4O4S/c1-15-14(19)11-5-10-6-18(4-3-12(10)22-8-11)23(20,21)13-7-17(2)9-16-13/h7,9-12H,3-6,8H2,1-2H3,(H,15,19)/t10-,11-,12+/m0/s1. The Hall–Kier alpha value is -1.45. The van der Waals surface area contributed by atoms with Gasteiger partial charge in [-0.1, -0.05) is 0 Å². The second-order valence-corrected chi connectivity index (χ2v) is 8.09. The largest absolute Gasteiger partial charge is 0.377 e. The van der Waals surface area contributed by atoms with Gasteiger partial charge in [0.1, 0.15) is 0 Å². The molecule has 8 nitrogen and oxygen atoms in total. The summed E-state index contributed by atoms with van der Waals surface area (Å²) in [6.45, 7) is 1.20. The quantitative estimate of drug-likeness (QED) is 0.805. The number of ether oxygens (including phenoxy) is 1. The average molecular weight is 342 g/mol. The molecule has 0 saturated carbocycles. The van der Waals surface area contributed by atoms with E-state index in [0.29, 0.717) is 32.5 Å². The van der Waals surface area contributed by atoms with E-state index in [9.17, 15) is 13.2 Å². The number of nitrogens with one attached hydrogen (secondary N) is 1. The molecule has 0 aromatic carbocycles. The van der Waals surface area contributed by atoms with Gasteiger partial charge in [0.05, 0.1) is 25.0 Å². The molecule has 2 aliphatic heterocycles. The number of carbonyl (C=O) groups is 1. The zero-order chi connectivity index (χ0) is 16.6. The molecule has 2 fully saturated rings. The van der Waals surface area contributed by atoms with Crippen LogP contribution in [0.1, 0.15) is 12.8 Å². The van der Waals surface area contributed by atoms with Crippen LogP contribution in [0.2, 0.25) is 0 Å². The maximum absolute atomic E-state index is 12.7. The fraction of sp³-hybridized carbons (Fsp3) is 0.714. The van der Waals surface area contributed by atoms with Crippen molar-refractivity contribution >= 4 is 15.9 Å². The van der Waals surface area contributed by atoms with Crippen LogP contribution < -0.4 is 5.32 Å². The van der Waals surface area contributed by atoms with Crippen molar-refractivity contribution in [2.24, 2.45) is 18.9 Å². The summed E-state index contributed by atoms with van der Waals surface area (Å²) < 4.78 is 34.2. The van der Waals surface area contributed by atoms with Gasteiger partial charge in [0.15, 0.2) is 5.03 Å². The van der Waals surface area contributed by atoms with Crippen LogP contribution in [0.4, 0.5) is 0 Å². The molecule has 1 N–H and O–H groups in total. The third-order valence-electron chi connectivity index (χ3n) is 4.63. The van der Waals surface area contributed by atoms with Crippen LogP contribution in [0.3, 0.4) is 0 Å². The summed E-state index contributed by atoms with van der Waals surface area (Å²) in [4.78, 5) is 15.8. The SMILES string of the molecule is CNC(=O)[C@@H]1CO[C@@H]2CCN(S(=O)(=O)c3cn(C)cn3)C[C@@H]2C1. The zero-order valence-electron chi connectivity index (χ0n) is 13.3. The molecule has 2 saturated heterocycles. The van der Waals surface area contributed by atoms with Gasteiger partial charge in [-0.3, -0.25) is 4.79 Å². The Kier molecular flexibility index (Phi) is 4.43. The second-order valence-electron chi connectivity index (χ2n) is 6.21. The molecule has 1 amide bonds. The minimum Gasteiger partial charge on any atom is -0.377 e. The maximum atomic E-state index is 12.7. The van der Waals surface area contributed by atoms with Crippen LogP contribution in [0.25, 0.3) is 0 Å². The van der Waals surface area contributed by atoms with Gasteiger partial charge in [0.2, 0.25) is 5.91 Å².